The van der Waals surface area contributed by atoms with E-state index in [2.05, 4.69) is 15.6 Å². The molecule has 0 bridgehead atoms. The van der Waals surface area contributed by atoms with Gasteiger partial charge in [0.15, 0.2) is 5.96 Å². The van der Waals surface area contributed by atoms with Crippen LogP contribution in [0.3, 0.4) is 0 Å². The number of aryl methyl sites for hydroxylation is 1. The van der Waals surface area contributed by atoms with Crippen LogP contribution in [0.4, 0.5) is 4.39 Å². The van der Waals surface area contributed by atoms with Gasteiger partial charge in [0, 0.05) is 6.54 Å². The summed E-state index contributed by atoms with van der Waals surface area (Å²) in [6.07, 6.45) is -0.724. The fourth-order valence-electron chi connectivity index (χ4n) is 2.60. The Labute approximate surface area is 183 Å². The quantitative estimate of drug-likeness (QED) is 0.304. The number of hydrogen-bond donors (Lipinski definition) is 3. The van der Waals surface area contributed by atoms with Crippen LogP contribution in [0.1, 0.15) is 42.7 Å². The molecule has 0 amide bonds. The summed E-state index contributed by atoms with van der Waals surface area (Å²) in [6, 6.07) is 12.3. The molecule has 0 aromatic heterocycles. The SMILES string of the molecule is CCNC(=NCC(O)c1ccc(OC)cc1)NC(C)c1ccc(C)c(F)c1.I. The highest BCUT2D eigenvalue weighted by Gasteiger charge is 2.11. The summed E-state index contributed by atoms with van der Waals surface area (Å²) in [7, 11) is 1.60. The molecule has 0 aliphatic rings. The van der Waals surface area contributed by atoms with E-state index in [0.717, 1.165) is 16.9 Å². The Kier molecular flexibility index (Phi) is 10.2. The zero-order chi connectivity index (χ0) is 19.8. The van der Waals surface area contributed by atoms with Crippen molar-refractivity contribution in [2.45, 2.75) is 32.9 Å². The summed E-state index contributed by atoms with van der Waals surface area (Å²) in [5.74, 6) is 1.08. The Morgan fingerprint density at radius 1 is 1.18 bits per heavy atom. The molecule has 0 saturated carbocycles. The molecule has 2 aromatic carbocycles. The normalized spacial score (nSPS) is 13.3. The molecule has 2 aromatic rings. The largest absolute Gasteiger partial charge is 0.497 e. The van der Waals surface area contributed by atoms with Crippen LogP contribution in [0.5, 0.6) is 5.75 Å². The summed E-state index contributed by atoms with van der Waals surface area (Å²) in [5, 5.41) is 16.8. The van der Waals surface area contributed by atoms with E-state index in [4.69, 9.17) is 4.74 Å². The van der Waals surface area contributed by atoms with Crippen LogP contribution < -0.4 is 15.4 Å². The lowest BCUT2D eigenvalue weighted by Crippen LogP contribution is -2.39. The van der Waals surface area contributed by atoms with Crippen molar-refractivity contribution < 1.29 is 14.2 Å². The molecule has 0 fully saturated rings. The van der Waals surface area contributed by atoms with E-state index in [1.54, 1.807) is 32.2 Å². The zero-order valence-corrected chi connectivity index (χ0v) is 19.0. The van der Waals surface area contributed by atoms with Crippen molar-refractivity contribution in [2.24, 2.45) is 4.99 Å². The van der Waals surface area contributed by atoms with Gasteiger partial charge in [0.05, 0.1) is 25.8 Å². The first-order valence-corrected chi connectivity index (χ1v) is 9.07. The van der Waals surface area contributed by atoms with Crippen molar-refractivity contribution in [1.29, 1.82) is 0 Å². The molecule has 0 aliphatic heterocycles. The number of nitrogens with one attached hydrogen (secondary N) is 2. The van der Waals surface area contributed by atoms with Gasteiger partial charge in [-0.25, -0.2) is 4.39 Å². The molecule has 5 nitrogen and oxygen atoms in total. The van der Waals surface area contributed by atoms with E-state index in [0.29, 0.717) is 18.1 Å². The molecule has 3 N–H and O–H groups in total. The van der Waals surface area contributed by atoms with Crippen LogP contribution in [0.25, 0.3) is 0 Å². The molecule has 0 heterocycles. The van der Waals surface area contributed by atoms with E-state index < -0.39 is 6.10 Å². The average Bonchev–Trinajstić information content (AvgIpc) is 2.68. The Bertz CT molecular complexity index is 769. The van der Waals surface area contributed by atoms with Crippen molar-refractivity contribution in [3.8, 4) is 5.75 Å². The van der Waals surface area contributed by atoms with Gasteiger partial charge >= 0.3 is 0 Å². The number of aliphatic hydroxyl groups is 1. The first-order valence-electron chi connectivity index (χ1n) is 9.07. The van der Waals surface area contributed by atoms with Gasteiger partial charge in [-0.3, -0.25) is 4.99 Å². The van der Waals surface area contributed by atoms with Crippen LogP contribution in [-0.2, 0) is 0 Å². The number of guanidine groups is 1. The van der Waals surface area contributed by atoms with E-state index in [1.807, 2.05) is 32.0 Å². The third-order valence-electron chi connectivity index (χ3n) is 4.32. The predicted octanol–water partition coefficient (Wildman–Crippen LogP) is 4.11. The molecule has 0 aliphatic carbocycles. The van der Waals surface area contributed by atoms with Crippen molar-refractivity contribution in [2.75, 3.05) is 20.2 Å². The van der Waals surface area contributed by atoms with Gasteiger partial charge in [-0.05, 0) is 55.7 Å². The van der Waals surface area contributed by atoms with Gasteiger partial charge in [-0.15, -0.1) is 24.0 Å². The van der Waals surface area contributed by atoms with Gasteiger partial charge in [0.1, 0.15) is 11.6 Å². The molecular weight excluding hydrogens is 472 g/mol. The number of benzene rings is 2. The molecule has 2 atom stereocenters. The topological polar surface area (TPSA) is 65.9 Å². The molecule has 0 saturated heterocycles. The van der Waals surface area contributed by atoms with Crippen molar-refractivity contribution in [1.82, 2.24) is 10.6 Å². The van der Waals surface area contributed by atoms with Crippen molar-refractivity contribution in [3.63, 3.8) is 0 Å². The number of aliphatic hydroxyl groups excluding tert-OH is 1. The fourth-order valence-corrected chi connectivity index (χ4v) is 2.60. The fraction of sp³-hybridized carbons (Fsp3) is 0.381. The molecule has 7 heteroatoms. The smallest absolute Gasteiger partial charge is 0.191 e. The van der Waals surface area contributed by atoms with Crippen LogP contribution in [0, 0.1) is 12.7 Å². The minimum absolute atomic E-state index is 0. The van der Waals surface area contributed by atoms with Gasteiger partial charge in [-0.1, -0.05) is 24.3 Å². The maximum Gasteiger partial charge on any atom is 0.191 e. The van der Waals surface area contributed by atoms with Crippen molar-refractivity contribution >= 4 is 29.9 Å². The maximum atomic E-state index is 13.8. The molecule has 0 spiro atoms. The Hall–Kier alpha value is -1.87. The first kappa shape index (κ1) is 24.2. The number of ether oxygens (including phenoxy) is 1. The highest BCUT2D eigenvalue weighted by molar-refractivity contribution is 14.0. The summed E-state index contributed by atoms with van der Waals surface area (Å²) < 4.78 is 18.9. The second-order valence-corrected chi connectivity index (χ2v) is 6.38. The van der Waals surface area contributed by atoms with Crippen molar-refractivity contribution in [3.05, 3.63) is 65.0 Å². The second kappa shape index (κ2) is 11.9. The average molecular weight is 501 g/mol. The summed E-state index contributed by atoms with van der Waals surface area (Å²) >= 11 is 0. The number of nitrogens with zero attached hydrogens (tertiary/aromatic N) is 1. The lowest BCUT2D eigenvalue weighted by atomic mass is 10.1. The third kappa shape index (κ3) is 6.94. The summed E-state index contributed by atoms with van der Waals surface area (Å²) in [4.78, 5) is 4.46. The number of rotatable bonds is 7. The summed E-state index contributed by atoms with van der Waals surface area (Å²) in [5.41, 5.74) is 2.22. The Morgan fingerprint density at radius 2 is 1.82 bits per heavy atom. The van der Waals surface area contributed by atoms with Crippen LogP contribution in [0.2, 0.25) is 0 Å². The second-order valence-electron chi connectivity index (χ2n) is 6.38. The Morgan fingerprint density at radius 3 is 2.39 bits per heavy atom. The lowest BCUT2D eigenvalue weighted by Gasteiger charge is -2.19. The van der Waals surface area contributed by atoms with Crippen LogP contribution >= 0.6 is 24.0 Å². The summed E-state index contributed by atoms with van der Waals surface area (Å²) in [6.45, 7) is 6.53. The molecule has 28 heavy (non-hydrogen) atoms. The lowest BCUT2D eigenvalue weighted by molar-refractivity contribution is 0.187. The van der Waals surface area contributed by atoms with Crippen LogP contribution in [0.15, 0.2) is 47.5 Å². The van der Waals surface area contributed by atoms with Gasteiger partial charge in [-0.2, -0.15) is 0 Å². The number of hydrogen-bond acceptors (Lipinski definition) is 3. The monoisotopic (exact) mass is 501 g/mol. The minimum atomic E-state index is -0.724. The number of aliphatic imine (C=N–C) groups is 1. The highest BCUT2D eigenvalue weighted by Crippen LogP contribution is 2.18. The zero-order valence-electron chi connectivity index (χ0n) is 16.7. The highest BCUT2D eigenvalue weighted by atomic mass is 127. The number of methoxy groups -OCH3 is 1. The van der Waals surface area contributed by atoms with E-state index in [1.165, 1.54) is 6.07 Å². The van der Waals surface area contributed by atoms with E-state index >= 15 is 0 Å². The molecule has 0 radical (unpaired) electrons. The molecule has 154 valence electrons. The Balaban J connectivity index is 0.00000392. The van der Waals surface area contributed by atoms with Gasteiger partial charge < -0.3 is 20.5 Å². The molecule has 2 rings (SSSR count). The first-order chi connectivity index (χ1) is 12.9. The van der Waals surface area contributed by atoms with Gasteiger partial charge in [0.2, 0.25) is 0 Å². The predicted molar refractivity (Wildman–Crippen MR) is 122 cm³/mol. The van der Waals surface area contributed by atoms with E-state index in [9.17, 15) is 9.50 Å². The van der Waals surface area contributed by atoms with E-state index in [-0.39, 0.29) is 42.4 Å². The molecule has 2 unspecified atom stereocenters. The van der Waals surface area contributed by atoms with Gasteiger partial charge in [0.25, 0.3) is 0 Å². The molecular formula is C21H29FIN3O2. The standard InChI is InChI=1S/C21H28FN3O2.HI/c1-5-23-21(25-15(3)17-7-6-14(2)19(22)12-17)24-13-20(26)16-8-10-18(27-4)11-9-16;/h6-12,15,20,26H,5,13H2,1-4H3,(H2,23,24,25);1H. The number of halogens is 2. The minimum Gasteiger partial charge on any atom is -0.497 e. The third-order valence-corrected chi connectivity index (χ3v) is 4.32. The maximum absolute atomic E-state index is 13.8. The van der Waals surface area contributed by atoms with Crippen LogP contribution in [-0.4, -0.2) is 31.3 Å².